The first kappa shape index (κ1) is 22.7. The molecule has 4 N–H and O–H groups in total. The van der Waals surface area contributed by atoms with Crippen molar-refractivity contribution in [3.63, 3.8) is 0 Å². The minimum Gasteiger partial charge on any atom is -0.507 e. The van der Waals surface area contributed by atoms with Gasteiger partial charge in [0.05, 0.1) is 12.1 Å². The Labute approximate surface area is 177 Å². The van der Waals surface area contributed by atoms with Crippen molar-refractivity contribution in [2.45, 2.75) is 13.5 Å². The van der Waals surface area contributed by atoms with Crippen LogP contribution in [0.25, 0.3) is 0 Å². The van der Waals surface area contributed by atoms with Crippen LogP contribution in [0.4, 0.5) is 0 Å². The molecule has 0 radical (unpaired) electrons. The second kappa shape index (κ2) is 11.5. The van der Waals surface area contributed by atoms with Crippen LogP contribution >= 0.6 is 0 Å². The lowest BCUT2D eigenvalue weighted by molar-refractivity contribution is 0.0827. The highest BCUT2D eigenvalue weighted by Gasteiger charge is 2.09. The molecule has 0 atom stereocenters. The quantitative estimate of drug-likeness (QED) is 0.300. The number of hydrogen-bond donors (Lipinski definition) is 4. The summed E-state index contributed by atoms with van der Waals surface area (Å²) in [5.41, 5.74) is 1.86. The molecule has 0 aliphatic carbocycles. The van der Waals surface area contributed by atoms with Crippen molar-refractivity contribution in [2.75, 3.05) is 33.7 Å². The third kappa shape index (κ3) is 6.80. The van der Waals surface area contributed by atoms with Gasteiger partial charge in [0.1, 0.15) is 5.75 Å². The molecule has 0 unspecified atom stereocenters. The van der Waals surface area contributed by atoms with Crippen LogP contribution in [0.1, 0.15) is 33.2 Å². The van der Waals surface area contributed by atoms with Crippen molar-refractivity contribution in [2.24, 2.45) is 4.99 Å². The molecule has 8 heteroatoms. The predicted molar refractivity (Wildman–Crippen MR) is 118 cm³/mol. The highest BCUT2D eigenvalue weighted by atomic mass is 16.3. The first-order chi connectivity index (χ1) is 14.4. The number of carbonyl (C=O) groups is 2. The fraction of sp³-hybridized carbons (Fsp3) is 0.318. The molecule has 0 aromatic heterocycles. The van der Waals surface area contributed by atoms with Crippen LogP contribution in [-0.4, -0.2) is 61.5 Å². The summed E-state index contributed by atoms with van der Waals surface area (Å²) >= 11 is 0. The molecule has 0 spiro atoms. The van der Waals surface area contributed by atoms with Crippen LogP contribution < -0.4 is 16.0 Å². The maximum atomic E-state index is 12.1. The molecule has 30 heavy (non-hydrogen) atoms. The number of para-hydroxylation sites is 1. The van der Waals surface area contributed by atoms with E-state index in [1.165, 1.54) is 11.0 Å². The normalized spacial score (nSPS) is 11.0. The Morgan fingerprint density at radius 2 is 1.63 bits per heavy atom. The minimum atomic E-state index is -0.329. The van der Waals surface area contributed by atoms with E-state index in [1.54, 1.807) is 44.4 Å². The maximum absolute atomic E-state index is 12.1. The summed E-state index contributed by atoms with van der Waals surface area (Å²) in [6, 6.07) is 13.8. The number of phenols is 1. The molecule has 0 bridgehead atoms. The summed E-state index contributed by atoms with van der Waals surface area (Å²) in [6.45, 7) is 3.97. The first-order valence-electron chi connectivity index (χ1n) is 9.81. The Morgan fingerprint density at radius 3 is 2.27 bits per heavy atom. The highest BCUT2D eigenvalue weighted by Crippen LogP contribution is 2.14. The predicted octanol–water partition coefficient (Wildman–Crippen LogP) is 1.58. The molecule has 160 valence electrons. The van der Waals surface area contributed by atoms with Gasteiger partial charge in [-0.15, -0.1) is 0 Å². The topological polar surface area (TPSA) is 106 Å². The molecule has 2 aromatic carbocycles. The van der Waals surface area contributed by atoms with Crippen LogP contribution in [-0.2, 0) is 6.54 Å². The number of phenolic OH excluding ortho intramolecular Hbond substituents is 1. The maximum Gasteiger partial charge on any atom is 0.255 e. The zero-order valence-electron chi connectivity index (χ0n) is 17.6. The van der Waals surface area contributed by atoms with Gasteiger partial charge in [-0.2, -0.15) is 0 Å². The summed E-state index contributed by atoms with van der Waals surface area (Å²) in [6.07, 6.45) is 0. The Hall–Kier alpha value is -3.55. The molecular formula is C22H29N5O3. The van der Waals surface area contributed by atoms with Crippen LogP contribution in [0.3, 0.4) is 0 Å². The van der Waals surface area contributed by atoms with Gasteiger partial charge in [0.2, 0.25) is 0 Å². The molecule has 2 amide bonds. The Morgan fingerprint density at radius 1 is 0.967 bits per heavy atom. The van der Waals surface area contributed by atoms with Gasteiger partial charge in [0.15, 0.2) is 5.96 Å². The summed E-state index contributed by atoms with van der Waals surface area (Å²) < 4.78 is 0. The third-order valence-corrected chi connectivity index (χ3v) is 4.22. The number of guanidine groups is 1. The summed E-state index contributed by atoms with van der Waals surface area (Å²) in [5, 5.41) is 18.8. The number of rotatable bonds is 8. The molecule has 2 aromatic rings. The highest BCUT2D eigenvalue weighted by molar-refractivity contribution is 5.96. The first-order valence-corrected chi connectivity index (χ1v) is 9.81. The second-order valence-electron chi connectivity index (χ2n) is 6.79. The summed E-state index contributed by atoms with van der Waals surface area (Å²) in [4.78, 5) is 30.1. The molecule has 0 heterocycles. The van der Waals surface area contributed by atoms with Crippen molar-refractivity contribution >= 4 is 17.8 Å². The zero-order valence-corrected chi connectivity index (χ0v) is 17.6. The van der Waals surface area contributed by atoms with Gasteiger partial charge in [0.25, 0.3) is 11.8 Å². The van der Waals surface area contributed by atoms with Crippen LogP contribution in [0.2, 0.25) is 0 Å². The standard InChI is InChI=1S/C22H29N5O3/c1-4-23-22(25-14-13-24-20(29)18-7-5-6-8-19(18)28)26-15-16-9-11-17(12-10-16)21(30)27(2)3/h5-12,28H,4,13-15H2,1-3H3,(H,24,29)(H2,23,25,26). The largest absolute Gasteiger partial charge is 0.507 e. The lowest BCUT2D eigenvalue weighted by atomic mass is 10.1. The Bertz CT molecular complexity index is 879. The molecular weight excluding hydrogens is 382 g/mol. The number of benzene rings is 2. The Kier molecular flexibility index (Phi) is 8.68. The van der Waals surface area contributed by atoms with E-state index >= 15 is 0 Å². The van der Waals surface area contributed by atoms with Crippen LogP contribution in [0.5, 0.6) is 5.75 Å². The monoisotopic (exact) mass is 411 g/mol. The van der Waals surface area contributed by atoms with Gasteiger partial charge in [-0.1, -0.05) is 24.3 Å². The van der Waals surface area contributed by atoms with E-state index in [0.29, 0.717) is 37.7 Å². The van der Waals surface area contributed by atoms with Crippen molar-refractivity contribution < 1.29 is 14.7 Å². The van der Waals surface area contributed by atoms with Crippen molar-refractivity contribution in [1.82, 2.24) is 20.9 Å². The van der Waals surface area contributed by atoms with Gasteiger partial charge < -0.3 is 26.0 Å². The fourth-order valence-corrected chi connectivity index (χ4v) is 2.64. The fourth-order valence-electron chi connectivity index (χ4n) is 2.64. The molecule has 2 rings (SSSR count). The average Bonchev–Trinajstić information content (AvgIpc) is 2.74. The van der Waals surface area contributed by atoms with Gasteiger partial charge in [0, 0.05) is 39.3 Å². The van der Waals surface area contributed by atoms with E-state index in [1.807, 2.05) is 19.1 Å². The smallest absolute Gasteiger partial charge is 0.255 e. The van der Waals surface area contributed by atoms with E-state index in [-0.39, 0.29) is 23.1 Å². The lowest BCUT2D eigenvalue weighted by Gasteiger charge is -2.12. The molecule has 8 nitrogen and oxygen atoms in total. The number of nitrogens with one attached hydrogen (secondary N) is 3. The van der Waals surface area contributed by atoms with E-state index in [9.17, 15) is 14.7 Å². The number of nitrogens with zero attached hydrogens (tertiary/aromatic N) is 2. The van der Waals surface area contributed by atoms with Gasteiger partial charge in [-0.25, -0.2) is 4.99 Å². The van der Waals surface area contributed by atoms with Gasteiger partial charge in [-0.05, 0) is 36.8 Å². The van der Waals surface area contributed by atoms with E-state index in [2.05, 4.69) is 20.9 Å². The van der Waals surface area contributed by atoms with E-state index in [0.717, 1.165) is 5.56 Å². The average molecular weight is 412 g/mol. The number of aliphatic imine (C=N–C) groups is 1. The second-order valence-corrected chi connectivity index (χ2v) is 6.79. The summed E-state index contributed by atoms with van der Waals surface area (Å²) in [5.74, 6) is 0.217. The molecule has 0 aliphatic heterocycles. The van der Waals surface area contributed by atoms with Crippen LogP contribution in [0, 0.1) is 0 Å². The number of hydrogen-bond acceptors (Lipinski definition) is 4. The minimum absolute atomic E-state index is 0.0362. The van der Waals surface area contributed by atoms with Crippen molar-refractivity contribution in [3.05, 3.63) is 65.2 Å². The molecule has 0 saturated carbocycles. The summed E-state index contributed by atoms with van der Waals surface area (Å²) in [7, 11) is 3.44. The molecule has 0 fully saturated rings. The van der Waals surface area contributed by atoms with Crippen LogP contribution in [0.15, 0.2) is 53.5 Å². The van der Waals surface area contributed by atoms with Crippen molar-refractivity contribution in [3.8, 4) is 5.75 Å². The van der Waals surface area contributed by atoms with Crippen molar-refractivity contribution in [1.29, 1.82) is 0 Å². The van der Waals surface area contributed by atoms with E-state index in [4.69, 9.17) is 0 Å². The molecule has 0 saturated heterocycles. The van der Waals surface area contributed by atoms with E-state index < -0.39 is 0 Å². The number of aromatic hydroxyl groups is 1. The lowest BCUT2D eigenvalue weighted by Crippen LogP contribution is -2.41. The molecule has 0 aliphatic rings. The number of amides is 2. The SMILES string of the molecule is CCNC(=NCc1ccc(C(=O)N(C)C)cc1)NCCNC(=O)c1ccccc1O. The zero-order chi connectivity index (χ0) is 21.9. The third-order valence-electron chi connectivity index (χ3n) is 4.22. The van der Waals surface area contributed by atoms with Gasteiger partial charge in [-0.3, -0.25) is 9.59 Å². The van der Waals surface area contributed by atoms with Gasteiger partial charge >= 0.3 is 0 Å². The number of carbonyl (C=O) groups excluding carboxylic acids is 2. The Balaban J connectivity index is 1.85.